The molecule has 0 unspecified atom stereocenters. The third-order valence-corrected chi connectivity index (χ3v) is 2.85. The Morgan fingerprint density at radius 2 is 1.88 bits per heavy atom. The Bertz CT molecular complexity index is 474. The highest BCUT2D eigenvalue weighted by Crippen LogP contribution is 2.11. The highest BCUT2D eigenvalue weighted by atomic mass is 16.3. The van der Waals surface area contributed by atoms with Gasteiger partial charge in [-0.2, -0.15) is 0 Å². The van der Waals surface area contributed by atoms with Gasteiger partial charge in [0.25, 0.3) is 5.56 Å². The van der Waals surface area contributed by atoms with E-state index in [2.05, 4.69) is 11.9 Å². The van der Waals surface area contributed by atoms with Gasteiger partial charge in [-0.3, -0.25) is 14.3 Å². The van der Waals surface area contributed by atoms with Crippen molar-refractivity contribution in [3.8, 4) is 5.88 Å². The van der Waals surface area contributed by atoms with E-state index in [1.807, 2.05) is 0 Å². The first-order valence-electron chi connectivity index (χ1n) is 6.16. The maximum atomic E-state index is 11.5. The molecule has 96 valence electrons. The quantitative estimate of drug-likeness (QED) is 0.738. The van der Waals surface area contributed by atoms with Crippen molar-refractivity contribution >= 4 is 0 Å². The minimum atomic E-state index is -0.527. The monoisotopic (exact) mass is 240 g/mol. The predicted octanol–water partition coefficient (Wildman–Crippen LogP) is 1.38. The molecule has 0 spiro atoms. The fourth-order valence-corrected chi connectivity index (χ4v) is 1.82. The topological polar surface area (TPSA) is 75.1 Å². The number of unbranched alkanes of at least 4 members (excludes halogenated alkanes) is 3. The van der Waals surface area contributed by atoms with Gasteiger partial charge in [0.15, 0.2) is 0 Å². The molecule has 0 aliphatic heterocycles. The zero-order chi connectivity index (χ0) is 12.8. The largest absolute Gasteiger partial charge is 0.494 e. The molecule has 0 radical (unpaired) electrons. The van der Waals surface area contributed by atoms with Crippen LogP contribution in [0.25, 0.3) is 0 Å². The highest BCUT2D eigenvalue weighted by molar-refractivity contribution is 5.22. The lowest BCUT2D eigenvalue weighted by atomic mass is 10.2. The summed E-state index contributed by atoms with van der Waals surface area (Å²) < 4.78 is 1.25. The molecule has 1 heterocycles. The second-order valence-electron chi connectivity index (χ2n) is 4.13. The van der Waals surface area contributed by atoms with Crippen molar-refractivity contribution in [1.29, 1.82) is 0 Å². The Labute approximate surface area is 100 Å². The summed E-state index contributed by atoms with van der Waals surface area (Å²) in [6.07, 6.45) is 4.49. The smallest absolute Gasteiger partial charge is 0.331 e. The third-order valence-electron chi connectivity index (χ3n) is 2.85. The molecule has 1 aromatic heterocycles. The zero-order valence-corrected chi connectivity index (χ0v) is 10.5. The van der Waals surface area contributed by atoms with Crippen LogP contribution in [-0.2, 0) is 13.0 Å². The average molecular weight is 240 g/mol. The van der Waals surface area contributed by atoms with E-state index >= 15 is 0 Å². The fraction of sp³-hybridized carbons (Fsp3) is 0.667. The van der Waals surface area contributed by atoms with Crippen molar-refractivity contribution in [3.05, 3.63) is 26.4 Å². The van der Waals surface area contributed by atoms with Gasteiger partial charge in [-0.1, -0.05) is 33.1 Å². The van der Waals surface area contributed by atoms with Gasteiger partial charge < -0.3 is 5.11 Å². The number of aromatic hydroxyl groups is 1. The Hall–Kier alpha value is -1.52. The second-order valence-corrected chi connectivity index (χ2v) is 4.13. The highest BCUT2D eigenvalue weighted by Gasteiger charge is 2.11. The van der Waals surface area contributed by atoms with Gasteiger partial charge in [0.2, 0.25) is 5.88 Å². The molecule has 2 N–H and O–H groups in total. The SMILES string of the molecule is CCCCCCn1c(O)c(CC)c(=O)[nH]c1=O. The second kappa shape index (κ2) is 6.27. The fourth-order valence-electron chi connectivity index (χ4n) is 1.82. The molecule has 0 atom stereocenters. The van der Waals surface area contributed by atoms with E-state index in [0.29, 0.717) is 13.0 Å². The summed E-state index contributed by atoms with van der Waals surface area (Å²) in [6.45, 7) is 4.34. The van der Waals surface area contributed by atoms with Crippen LogP contribution in [0.1, 0.15) is 45.1 Å². The van der Waals surface area contributed by atoms with Crippen LogP contribution in [0.15, 0.2) is 9.59 Å². The Morgan fingerprint density at radius 3 is 2.47 bits per heavy atom. The van der Waals surface area contributed by atoms with Crippen molar-refractivity contribution in [2.45, 2.75) is 52.5 Å². The van der Waals surface area contributed by atoms with Crippen LogP contribution in [0, 0.1) is 0 Å². The number of hydrogen-bond acceptors (Lipinski definition) is 3. The van der Waals surface area contributed by atoms with Gasteiger partial charge in [-0.25, -0.2) is 4.79 Å². The van der Waals surface area contributed by atoms with Crippen molar-refractivity contribution in [1.82, 2.24) is 9.55 Å². The van der Waals surface area contributed by atoms with Gasteiger partial charge in [-0.15, -0.1) is 0 Å². The maximum Gasteiger partial charge on any atom is 0.331 e. The van der Waals surface area contributed by atoms with Crippen LogP contribution in [0.4, 0.5) is 0 Å². The first-order chi connectivity index (χ1) is 8.11. The normalized spacial score (nSPS) is 10.7. The molecule has 0 aliphatic rings. The number of rotatable bonds is 6. The summed E-state index contributed by atoms with van der Waals surface area (Å²) in [5.74, 6) is -0.183. The molecular formula is C12H20N2O3. The van der Waals surface area contributed by atoms with Crippen LogP contribution < -0.4 is 11.2 Å². The molecule has 0 aromatic carbocycles. The number of aromatic amines is 1. The minimum absolute atomic E-state index is 0.183. The first-order valence-corrected chi connectivity index (χ1v) is 6.16. The van der Waals surface area contributed by atoms with Gasteiger partial charge in [0.05, 0.1) is 5.56 Å². The number of H-pyrrole nitrogens is 1. The number of aromatic nitrogens is 2. The standard InChI is InChI=1S/C12H20N2O3/c1-3-5-6-7-8-14-11(16)9(4-2)10(15)13-12(14)17/h16H,3-8H2,1-2H3,(H,13,15,17). The first kappa shape index (κ1) is 13.5. The molecule has 0 saturated carbocycles. The summed E-state index contributed by atoms with van der Waals surface area (Å²) in [5, 5.41) is 9.85. The van der Waals surface area contributed by atoms with E-state index in [9.17, 15) is 14.7 Å². The van der Waals surface area contributed by atoms with Gasteiger partial charge in [0.1, 0.15) is 0 Å². The van der Waals surface area contributed by atoms with E-state index in [1.54, 1.807) is 6.92 Å². The van der Waals surface area contributed by atoms with Crippen molar-refractivity contribution < 1.29 is 5.11 Å². The van der Waals surface area contributed by atoms with E-state index in [-0.39, 0.29) is 11.4 Å². The average Bonchev–Trinajstić information content (AvgIpc) is 2.28. The molecule has 0 bridgehead atoms. The molecule has 0 fully saturated rings. The van der Waals surface area contributed by atoms with Crippen LogP contribution >= 0.6 is 0 Å². The van der Waals surface area contributed by atoms with Crippen LogP contribution in [0.2, 0.25) is 0 Å². The van der Waals surface area contributed by atoms with Gasteiger partial charge in [-0.05, 0) is 12.8 Å². The van der Waals surface area contributed by atoms with Crippen molar-refractivity contribution in [3.63, 3.8) is 0 Å². The maximum absolute atomic E-state index is 11.5. The predicted molar refractivity (Wildman–Crippen MR) is 66.5 cm³/mol. The summed E-state index contributed by atoms with van der Waals surface area (Å²) in [4.78, 5) is 25.2. The molecule has 0 amide bonds. The van der Waals surface area contributed by atoms with Crippen molar-refractivity contribution in [2.24, 2.45) is 0 Å². The molecular weight excluding hydrogens is 220 g/mol. The summed E-state index contributed by atoms with van der Waals surface area (Å²) >= 11 is 0. The molecule has 0 aliphatic carbocycles. The van der Waals surface area contributed by atoms with Gasteiger partial charge >= 0.3 is 5.69 Å². The number of nitrogens with zero attached hydrogens (tertiary/aromatic N) is 1. The summed E-state index contributed by atoms with van der Waals surface area (Å²) in [7, 11) is 0. The van der Waals surface area contributed by atoms with E-state index < -0.39 is 11.2 Å². The van der Waals surface area contributed by atoms with Crippen molar-refractivity contribution in [2.75, 3.05) is 0 Å². The number of hydrogen-bond donors (Lipinski definition) is 2. The summed E-state index contributed by atoms with van der Waals surface area (Å²) in [5.41, 5.74) is -0.735. The van der Waals surface area contributed by atoms with E-state index in [0.717, 1.165) is 25.7 Å². The van der Waals surface area contributed by atoms with Crippen LogP contribution in [0.3, 0.4) is 0 Å². The molecule has 1 aromatic rings. The Kier molecular flexibility index (Phi) is 5.00. The van der Waals surface area contributed by atoms with E-state index in [1.165, 1.54) is 4.57 Å². The molecule has 5 heteroatoms. The molecule has 0 saturated heterocycles. The lowest BCUT2D eigenvalue weighted by Crippen LogP contribution is -2.32. The van der Waals surface area contributed by atoms with Gasteiger partial charge in [0, 0.05) is 6.54 Å². The Morgan fingerprint density at radius 1 is 1.18 bits per heavy atom. The van der Waals surface area contributed by atoms with Crippen LogP contribution in [-0.4, -0.2) is 14.7 Å². The third kappa shape index (κ3) is 3.22. The van der Waals surface area contributed by atoms with Crippen LogP contribution in [0.5, 0.6) is 5.88 Å². The molecule has 5 nitrogen and oxygen atoms in total. The summed E-state index contributed by atoms with van der Waals surface area (Å²) in [6, 6.07) is 0. The lowest BCUT2D eigenvalue weighted by molar-refractivity contribution is 0.386. The Balaban J connectivity index is 2.92. The molecule has 17 heavy (non-hydrogen) atoms. The number of nitrogens with one attached hydrogen (secondary N) is 1. The van der Waals surface area contributed by atoms with E-state index in [4.69, 9.17) is 0 Å². The zero-order valence-electron chi connectivity index (χ0n) is 10.5. The molecule has 1 rings (SSSR count). The lowest BCUT2D eigenvalue weighted by Gasteiger charge is -2.10. The minimum Gasteiger partial charge on any atom is -0.494 e.